The van der Waals surface area contributed by atoms with Crippen LogP contribution in [0.5, 0.6) is 0 Å². The fourth-order valence-corrected chi connectivity index (χ4v) is 1.71. The molecule has 0 bridgehead atoms. The highest BCUT2D eigenvalue weighted by Gasteiger charge is 2.07. The van der Waals surface area contributed by atoms with Crippen molar-refractivity contribution in [3.8, 4) is 0 Å². The Kier molecular flexibility index (Phi) is 3.97. The second kappa shape index (κ2) is 5.02. The summed E-state index contributed by atoms with van der Waals surface area (Å²) in [5, 5.41) is 11.1. The van der Waals surface area contributed by atoms with Crippen LogP contribution in [0.3, 0.4) is 0 Å². The second-order valence-electron chi connectivity index (χ2n) is 2.59. The van der Waals surface area contributed by atoms with Crippen molar-refractivity contribution in [1.82, 2.24) is 5.32 Å². The monoisotopic (exact) mass is 221 g/mol. The lowest BCUT2D eigenvalue weighted by Gasteiger charge is -2.00. The summed E-state index contributed by atoms with van der Waals surface area (Å²) < 4.78 is 23.4. The molecule has 0 saturated heterocycles. The number of rotatable bonds is 5. The third-order valence-electron chi connectivity index (χ3n) is 1.47. The van der Waals surface area contributed by atoms with Crippen molar-refractivity contribution in [3.63, 3.8) is 0 Å². The van der Waals surface area contributed by atoms with E-state index in [1.807, 2.05) is 0 Å². The molecule has 1 aromatic rings. The standard InChI is InChI=1S/C8H9F2NO2S/c9-7(10)4-11-3-5-1-2-6(14-5)8(12)13/h1-2,7,11H,3-4H2,(H,12,13). The molecule has 14 heavy (non-hydrogen) atoms. The molecule has 0 radical (unpaired) electrons. The van der Waals surface area contributed by atoms with E-state index in [9.17, 15) is 13.6 Å². The van der Waals surface area contributed by atoms with Crippen LogP contribution in [0.25, 0.3) is 0 Å². The molecule has 0 saturated carbocycles. The topological polar surface area (TPSA) is 49.3 Å². The maximum absolute atomic E-state index is 11.7. The van der Waals surface area contributed by atoms with Crippen molar-refractivity contribution in [1.29, 1.82) is 0 Å². The minimum atomic E-state index is -2.38. The van der Waals surface area contributed by atoms with Gasteiger partial charge in [0.15, 0.2) is 0 Å². The van der Waals surface area contributed by atoms with Gasteiger partial charge in [0.05, 0.1) is 6.54 Å². The van der Waals surface area contributed by atoms with Gasteiger partial charge in [-0.05, 0) is 12.1 Å². The number of hydrogen-bond donors (Lipinski definition) is 2. The van der Waals surface area contributed by atoms with Crippen LogP contribution >= 0.6 is 11.3 Å². The van der Waals surface area contributed by atoms with E-state index >= 15 is 0 Å². The van der Waals surface area contributed by atoms with Crippen LogP contribution in [0.15, 0.2) is 12.1 Å². The van der Waals surface area contributed by atoms with Crippen molar-refractivity contribution in [3.05, 3.63) is 21.9 Å². The highest BCUT2D eigenvalue weighted by Crippen LogP contribution is 2.15. The predicted octanol–water partition coefficient (Wildman–Crippen LogP) is 1.80. The first-order valence-electron chi connectivity index (χ1n) is 3.90. The van der Waals surface area contributed by atoms with Gasteiger partial charge in [0.25, 0.3) is 6.43 Å². The van der Waals surface area contributed by atoms with Gasteiger partial charge in [-0.2, -0.15) is 0 Å². The van der Waals surface area contributed by atoms with Crippen LogP contribution in [0.1, 0.15) is 14.5 Å². The van der Waals surface area contributed by atoms with Crippen molar-refractivity contribution in [2.75, 3.05) is 6.54 Å². The Morgan fingerprint density at radius 1 is 1.57 bits per heavy atom. The molecule has 3 nitrogen and oxygen atoms in total. The molecule has 1 heterocycles. The summed E-state index contributed by atoms with van der Waals surface area (Å²) >= 11 is 1.09. The van der Waals surface area contributed by atoms with Crippen LogP contribution < -0.4 is 5.32 Å². The van der Waals surface area contributed by atoms with E-state index in [2.05, 4.69) is 5.32 Å². The number of carbonyl (C=O) groups is 1. The molecule has 0 aliphatic carbocycles. The summed E-state index contributed by atoms with van der Waals surface area (Å²) in [5.74, 6) is -0.991. The van der Waals surface area contributed by atoms with E-state index in [-0.39, 0.29) is 18.0 Å². The van der Waals surface area contributed by atoms with E-state index in [0.717, 1.165) is 16.2 Å². The molecule has 0 amide bonds. The molecule has 0 spiro atoms. The number of thiophene rings is 1. The van der Waals surface area contributed by atoms with E-state index in [1.165, 1.54) is 6.07 Å². The lowest BCUT2D eigenvalue weighted by atomic mass is 10.4. The zero-order valence-electron chi connectivity index (χ0n) is 7.17. The molecule has 0 atom stereocenters. The summed E-state index contributed by atoms with van der Waals surface area (Å²) in [4.78, 5) is 11.4. The minimum absolute atomic E-state index is 0.221. The molecule has 2 N–H and O–H groups in total. The van der Waals surface area contributed by atoms with Crippen LogP contribution in [0.4, 0.5) is 8.78 Å². The van der Waals surface area contributed by atoms with Gasteiger partial charge in [-0.15, -0.1) is 11.3 Å². The maximum Gasteiger partial charge on any atom is 0.345 e. The normalized spacial score (nSPS) is 10.8. The average molecular weight is 221 g/mol. The molecule has 6 heteroatoms. The van der Waals surface area contributed by atoms with E-state index in [1.54, 1.807) is 6.07 Å². The molecule has 1 aromatic heterocycles. The van der Waals surface area contributed by atoms with Crippen LogP contribution in [-0.4, -0.2) is 24.0 Å². The molecule has 0 unspecified atom stereocenters. The number of halogens is 2. The Morgan fingerprint density at radius 2 is 2.29 bits per heavy atom. The van der Waals surface area contributed by atoms with Gasteiger partial charge >= 0.3 is 5.97 Å². The molecule has 0 aliphatic rings. The van der Waals surface area contributed by atoms with Crippen molar-refractivity contribution in [2.24, 2.45) is 0 Å². The Bertz CT molecular complexity index is 314. The maximum atomic E-state index is 11.7. The number of aromatic carboxylic acids is 1. The predicted molar refractivity (Wildman–Crippen MR) is 49.0 cm³/mol. The van der Waals surface area contributed by atoms with Crippen LogP contribution in [-0.2, 0) is 6.54 Å². The summed E-state index contributed by atoms with van der Waals surface area (Å²) in [7, 11) is 0. The molecule has 0 aliphatic heterocycles. The van der Waals surface area contributed by atoms with E-state index < -0.39 is 12.4 Å². The van der Waals surface area contributed by atoms with E-state index in [4.69, 9.17) is 5.11 Å². The Balaban J connectivity index is 2.40. The molecule has 0 fully saturated rings. The van der Waals surface area contributed by atoms with Crippen molar-refractivity contribution in [2.45, 2.75) is 13.0 Å². The fourth-order valence-electron chi connectivity index (χ4n) is 0.892. The van der Waals surface area contributed by atoms with Gasteiger partial charge in [-0.1, -0.05) is 0 Å². The zero-order valence-corrected chi connectivity index (χ0v) is 7.98. The van der Waals surface area contributed by atoms with Gasteiger partial charge in [0, 0.05) is 11.4 Å². The van der Waals surface area contributed by atoms with Gasteiger partial charge in [-0.3, -0.25) is 0 Å². The first-order chi connectivity index (χ1) is 6.59. The third-order valence-corrected chi connectivity index (χ3v) is 2.54. The molecule has 1 rings (SSSR count). The van der Waals surface area contributed by atoms with Gasteiger partial charge in [-0.25, -0.2) is 13.6 Å². The number of carboxylic acid groups (broad SMARTS) is 1. The number of alkyl halides is 2. The van der Waals surface area contributed by atoms with Crippen molar-refractivity contribution < 1.29 is 18.7 Å². The lowest BCUT2D eigenvalue weighted by Crippen LogP contribution is -2.19. The van der Waals surface area contributed by atoms with Crippen molar-refractivity contribution >= 4 is 17.3 Å². The first kappa shape index (κ1) is 11.1. The Hall–Kier alpha value is -1.01. The summed E-state index contributed by atoms with van der Waals surface area (Å²) in [6.45, 7) is -0.0947. The number of nitrogens with one attached hydrogen (secondary N) is 1. The molecular formula is C8H9F2NO2S. The summed E-state index contributed by atoms with van der Waals surface area (Å²) in [6, 6.07) is 3.08. The van der Waals surface area contributed by atoms with Gasteiger partial charge in [0.1, 0.15) is 4.88 Å². The third kappa shape index (κ3) is 3.39. The Labute approximate surface area is 83.4 Å². The summed E-state index contributed by atoms with van der Waals surface area (Å²) in [6.07, 6.45) is -2.38. The lowest BCUT2D eigenvalue weighted by molar-refractivity contribution is 0.0702. The van der Waals surface area contributed by atoms with Crippen LogP contribution in [0, 0.1) is 0 Å². The molecule has 78 valence electrons. The highest BCUT2D eigenvalue weighted by molar-refractivity contribution is 7.13. The van der Waals surface area contributed by atoms with Gasteiger partial charge in [0.2, 0.25) is 0 Å². The summed E-state index contributed by atoms with van der Waals surface area (Å²) in [5.41, 5.74) is 0. The smallest absolute Gasteiger partial charge is 0.345 e. The largest absolute Gasteiger partial charge is 0.477 e. The first-order valence-corrected chi connectivity index (χ1v) is 4.72. The number of carboxylic acids is 1. The highest BCUT2D eigenvalue weighted by atomic mass is 32.1. The number of hydrogen-bond acceptors (Lipinski definition) is 3. The molecular weight excluding hydrogens is 212 g/mol. The zero-order chi connectivity index (χ0) is 10.6. The molecule has 0 aromatic carbocycles. The Morgan fingerprint density at radius 3 is 2.79 bits per heavy atom. The second-order valence-corrected chi connectivity index (χ2v) is 3.76. The van der Waals surface area contributed by atoms with E-state index in [0.29, 0.717) is 0 Å². The minimum Gasteiger partial charge on any atom is -0.477 e. The average Bonchev–Trinajstić information content (AvgIpc) is 2.52. The fraction of sp³-hybridized carbons (Fsp3) is 0.375. The van der Waals surface area contributed by atoms with Crippen LogP contribution in [0.2, 0.25) is 0 Å². The SMILES string of the molecule is O=C(O)c1ccc(CNCC(F)F)s1. The van der Waals surface area contributed by atoms with Gasteiger partial charge < -0.3 is 10.4 Å². The quantitative estimate of drug-likeness (QED) is 0.797.